The number of nitrogens with zero attached hydrogens (tertiary/aromatic N) is 6. The minimum atomic E-state index is -1.08. The van der Waals surface area contributed by atoms with Crippen LogP contribution in [-0.4, -0.2) is 15.9 Å². The van der Waals surface area contributed by atoms with E-state index in [-0.39, 0.29) is 46.9 Å². The monoisotopic (exact) mass is 1050 g/mol. The Morgan fingerprint density at radius 2 is 0.594 bits per heavy atom. The molecule has 0 saturated heterocycles. The van der Waals surface area contributed by atoms with Crippen molar-refractivity contribution in [3.8, 4) is 0 Å². The van der Waals surface area contributed by atoms with Crippen LogP contribution in [-0.2, 0) is 4.79 Å². The maximum atomic E-state index is 8.89. The summed E-state index contributed by atoms with van der Waals surface area (Å²) in [4.78, 5) is 39.0. The molecule has 0 saturated carbocycles. The minimum Gasteiger partial charge on any atom is -0.628 e. The molecule has 0 fully saturated rings. The third kappa shape index (κ3) is 9.78. The Balaban J connectivity index is 0.000000235. The van der Waals surface area contributed by atoms with Crippen LogP contribution in [0.3, 0.4) is 0 Å². The summed E-state index contributed by atoms with van der Waals surface area (Å²) in [7, 11) is 0. The van der Waals surface area contributed by atoms with Crippen LogP contribution in [0.25, 0.3) is 21.8 Å². The standard InChI is InChI=1S/C44H28N4.C14H12N2.C2H4O2.Yb/c1-5-13-29(14-6-1)41-33-21-23-35(45-33)42(30-15-7-2-8-16-30)37-25-27-39(47-37)44(32-19-11-4-12-20-32)40-28-26-38(48-40)43(31-17-9-3-10-18-31)36-24-22-34(41)46-36;1-9-5-7-15-13-11(9)3-4-12-10(2)6-8-16-14(12)13;1-2(3)4;/h1-28H;3-8H,1-2H3;1H3,(H,3,4);/p-1. The van der Waals surface area contributed by atoms with Gasteiger partial charge in [-0.3, -0.25) is 9.97 Å². The number of rotatable bonds is 4. The van der Waals surface area contributed by atoms with Gasteiger partial charge in [-0.05, 0) is 162 Å². The van der Waals surface area contributed by atoms with E-state index in [0.29, 0.717) is 0 Å². The van der Waals surface area contributed by atoms with E-state index < -0.39 is 5.97 Å². The molecule has 0 unspecified atom stereocenters. The van der Waals surface area contributed by atoms with E-state index in [1.165, 1.54) is 21.9 Å². The van der Waals surface area contributed by atoms with Crippen molar-refractivity contribution in [2.45, 2.75) is 20.8 Å². The first-order valence-electron chi connectivity index (χ1n) is 22.4. The first kappa shape index (κ1) is 46.6. The summed E-state index contributed by atoms with van der Waals surface area (Å²) in [6.07, 6.45) is 3.70. The number of hydrogen-bond donors (Lipinski definition) is 0. The Morgan fingerprint density at radius 3 is 0.812 bits per heavy atom. The van der Waals surface area contributed by atoms with E-state index in [2.05, 4.69) is 182 Å². The van der Waals surface area contributed by atoms with Crippen molar-refractivity contribution in [1.29, 1.82) is 0 Å². The summed E-state index contributed by atoms with van der Waals surface area (Å²) in [5.41, 5.74) is 15.6. The molecule has 8 nitrogen and oxygen atoms in total. The third-order valence-electron chi connectivity index (χ3n) is 11.9. The first-order chi connectivity index (χ1) is 33.3. The summed E-state index contributed by atoms with van der Waals surface area (Å²) < 4.78 is 0. The molecule has 8 bridgehead atoms. The van der Waals surface area contributed by atoms with Crippen molar-refractivity contribution >= 4 is 27.8 Å². The van der Waals surface area contributed by atoms with Crippen molar-refractivity contribution in [2.75, 3.05) is 0 Å². The van der Waals surface area contributed by atoms with Crippen LogP contribution in [0, 0.1) is 84.4 Å². The van der Waals surface area contributed by atoms with Gasteiger partial charge in [-0.1, -0.05) is 12.1 Å². The molecule has 0 atom stereocenters. The fourth-order valence-corrected chi connectivity index (χ4v) is 8.79. The second-order valence-electron chi connectivity index (χ2n) is 16.4. The molecule has 5 aromatic carbocycles. The largest absolute Gasteiger partial charge is 0.628 e. The molecule has 0 aliphatic carbocycles. The van der Waals surface area contributed by atoms with Gasteiger partial charge in [0, 0.05) is 197 Å². The summed E-state index contributed by atoms with van der Waals surface area (Å²) >= 11 is 0. The van der Waals surface area contributed by atoms with Crippen LogP contribution in [0.15, 0.2) is 207 Å². The number of carbonyl (C=O) groups is 1. The number of aromatic nitrogens is 6. The van der Waals surface area contributed by atoms with Crippen molar-refractivity contribution in [1.82, 2.24) is 29.9 Å². The Kier molecular flexibility index (Phi) is 14.0. The number of carboxylic acids is 1. The predicted molar refractivity (Wildman–Crippen MR) is 264 cm³/mol. The van der Waals surface area contributed by atoms with Gasteiger partial charge in [0.1, 0.15) is 0 Å². The summed E-state index contributed by atoms with van der Waals surface area (Å²) in [5.74, 6) is 2.83. The van der Waals surface area contributed by atoms with Gasteiger partial charge in [-0.25, -0.2) is 0 Å². The quantitative estimate of drug-likeness (QED) is 0.126. The third-order valence-corrected chi connectivity index (χ3v) is 11.9. The van der Waals surface area contributed by atoms with Crippen molar-refractivity contribution < 1.29 is 56.8 Å². The molecule has 340 valence electrons. The zero-order valence-electron chi connectivity index (χ0n) is 37.9. The number of aryl methyl sites for hydroxylation is 2. The molecule has 0 amide bonds. The van der Waals surface area contributed by atoms with Crippen LogP contribution in [0.1, 0.15) is 85.9 Å². The molecule has 12 rings (SSSR count). The molecular weight excluding hydrogens is 1010 g/mol. The maximum Gasteiger partial charge on any atom is 0.0967 e. The van der Waals surface area contributed by atoms with E-state index in [1.54, 1.807) is 0 Å². The zero-order chi connectivity index (χ0) is 46.6. The predicted octanol–water partition coefficient (Wildman–Crippen LogP) is 10.1. The van der Waals surface area contributed by atoms with E-state index >= 15 is 0 Å². The number of fused-ring (bicyclic) bond motifs is 11. The number of carbonyl (C=O) groups excluding carboxylic acids is 1. The van der Waals surface area contributed by atoms with Gasteiger partial charge in [0.2, 0.25) is 0 Å². The molecule has 9 heteroatoms. The molecule has 0 spiro atoms. The van der Waals surface area contributed by atoms with Crippen LogP contribution < -0.4 is 25.0 Å². The van der Waals surface area contributed by atoms with Crippen LogP contribution in [0.5, 0.6) is 0 Å². The number of hydrogen-bond acceptors (Lipinski definition) is 4. The van der Waals surface area contributed by atoms with Crippen LogP contribution in [0.4, 0.5) is 0 Å². The molecule has 1 aliphatic heterocycles. The smallest absolute Gasteiger partial charge is 0.0967 e. The number of pyridine rings is 2. The van der Waals surface area contributed by atoms with E-state index in [9.17, 15) is 0 Å². The summed E-state index contributed by atoms with van der Waals surface area (Å²) in [6, 6.07) is 66.7. The van der Waals surface area contributed by atoms with E-state index in [4.69, 9.17) is 29.8 Å². The molecule has 0 N–H and O–H groups in total. The SMILES string of the molecule is CC(=O)[O-].Cc1ccnc2c1ccc1c(C)ccnc12.[Yb].c1ccc([C+]2c3ccc([n-]3)[C+](c3ccccc3)c3ccc([n-]3)[C+](c3ccccc3)c3ccc([n-]3)[C+](c3ccccc3)c3ccc2[n-]3)cc1. The molecule has 0 radical (unpaired) electrons. The zero-order valence-corrected chi connectivity index (χ0v) is 39.6. The minimum absolute atomic E-state index is 0. The normalized spacial score (nSPS) is 11.9. The van der Waals surface area contributed by atoms with Gasteiger partial charge >= 0.3 is 0 Å². The fourth-order valence-electron chi connectivity index (χ4n) is 8.79. The van der Waals surface area contributed by atoms with Gasteiger partial charge in [0.05, 0.1) is 33.3 Å². The average molecular weight is 1050 g/mol. The van der Waals surface area contributed by atoms with Crippen LogP contribution >= 0.6 is 0 Å². The summed E-state index contributed by atoms with van der Waals surface area (Å²) in [6.45, 7) is 5.18. The molecule has 11 aromatic rings. The van der Waals surface area contributed by atoms with Gasteiger partial charge in [-0.15, -0.1) is 0 Å². The Bertz CT molecular complexity index is 2980. The van der Waals surface area contributed by atoms with Gasteiger partial charge in [0.25, 0.3) is 0 Å². The topological polar surface area (TPSA) is 122 Å². The van der Waals surface area contributed by atoms with Crippen LogP contribution in [0.2, 0.25) is 0 Å². The van der Waals surface area contributed by atoms with Gasteiger partial charge in [-0.2, -0.15) is 0 Å². The molecule has 1 aliphatic rings. The number of carboxylic acid groups (broad SMARTS) is 1. The van der Waals surface area contributed by atoms with Crippen molar-refractivity contribution in [3.05, 3.63) is 309 Å². The Morgan fingerprint density at radius 1 is 0.377 bits per heavy atom. The Hall–Kier alpha value is -7.49. The van der Waals surface area contributed by atoms with Gasteiger partial charge in [0.15, 0.2) is 0 Å². The first-order valence-corrected chi connectivity index (χ1v) is 22.4. The maximum absolute atomic E-state index is 8.89. The molecule has 6 aromatic heterocycles. The number of benzene rings is 5. The van der Waals surface area contributed by atoms with Gasteiger partial charge < -0.3 is 29.8 Å². The number of aliphatic carboxylic acids is 1. The molecular formula is C60H43N6O2Yb-. The van der Waals surface area contributed by atoms with E-state index in [0.717, 1.165) is 109 Å². The average Bonchev–Trinajstić information content (AvgIpc) is 4.22. The molecule has 69 heavy (non-hydrogen) atoms. The fraction of sp³-hybridized carbons (Fsp3) is 0.0500. The second kappa shape index (κ2) is 20.8. The van der Waals surface area contributed by atoms with Crippen molar-refractivity contribution in [2.24, 2.45) is 0 Å². The second-order valence-corrected chi connectivity index (χ2v) is 16.4. The summed E-state index contributed by atoms with van der Waals surface area (Å²) in [5, 5.41) is 11.3. The van der Waals surface area contributed by atoms with Crippen molar-refractivity contribution in [3.63, 3.8) is 0 Å². The Labute approximate surface area is 440 Å². The molecule has 7 heterocycles. The van der Waals surface area contributed by atoms with E-state index in [1.807, 2.05) is 48.8 Å².